The molecule has 0 radical (unpaired) electrons. The second-order valence-electron chi connectivity index (χ2n) is 11.0. The predicted molar refractivity (Wildman–Crippen MR) is 113 cm³/mol. The van der Waals surface area contributed by atoms with Crippen LogP contribution in [0.1, 0.15) is 58.8 Å². The van der Waals surface area contributed by atoms with E-state index >= 15 is 0 Å². The van der Waals surface area contributed by atoms with Gasteiger partial charge in [0.25, 0.3) is 0 Å². The fourth-order valence-corrected chi connectivity index (χ4v) is 6.46. The average Bonchev–Trinajstić information content (AvgIpc) is 2.73. The Balaban J connectivity index is 1.90. The Labute approximate surface area is 214 Å². The van der Waals surface area contributed by atoms with Gasteiger partial charge in [-0.05, 0) is 62.2 Å². The normalized spacial score (nSPS) is 29.3. The van der Waals surface area contributed by atoms with Crippen LogP contribution in [0.4, 0.5) is 30.7 Å². The van der Waals surface area contributed by atoms with Crippen molar-refractivity contribution in [3.05, 3.63) is 0 Å². The van der Waals surface area contributed by atoms with Gasteiger partial charge in [0.15, 0.2) is 0 Å². The van der Waals surface area contributed by atoms with Gasteiger partial charge in [-0.15, -0.1) is 0 Å². The number of carbonyl (C=O) groups excluding carboxylic acids is 2. The van der Waals surface area contributed by atoms with Crippen LogP contribution in [0, 0.1) is 29.1 Å². The highest BCUT2D eigenvalue weighted by Crippen LogP contribution is 2.61. The van der Waals surface area contributed by atoms with Crippen LogP contribution in [0.15, 0.2) is 0 Å². The standard InChI is InChI=1S/C22H29F7O8S/c1-12(2)11-35-17(31)20(21(25,26)27,36-4-3-19(23,24)22(28,29)38(32,33)34)37-16(30)18-8-13-5-14(9-18)7-15(6-13)10-18/h12-15H,3-11H2,1-2H3,(H,32,33,34). The number of esters is 2. The summed E-state index contributed by atoms with van der Waals surface area (Å²) in [7, 11) is -6.67. The Hall–Kier alpha value is -1.68. The van der Waals surface area contributed by atoms with Crippen LogP contribution in [-0.2, 0) is 33.9 Å². The Kier molecular flexibility index (Phi) is 8.17. The number of alkyl halides is 7. The zero-order valence-electron chi connectivity index (χ0n) is 20.5. The van der Waals surface area contributed by atoms with E-state index < -0.39 is 76.2 Å². The molecule has 0 aromatic heterocycles. The third kappa shape index (κ3) is 5.62. The van der Waals surface area contributed by atoms with Crippen molar-refractivity contribution in [3.63, 3.8) is 0 Å². The summed E-state index contributed by atoms with van der Waals surface area (Å²) in [4.78, 5) is 25.9. The lowest BCUT2D eigenvalue weighted by molar-refractivity contribution is -0.361. The molecule has 8 nitrogen and oxygen atoms in total. The minimum Gasteiger partial charge on any atom is -0.460 e. The van der Waals surface area contributed by atoms with Gasteiger partial charge >= 0.3 is 45.2 Å². The van der Waals surface area contributed by atoms with E-state index in [1.165, 1.54) is 13.8 Å². The van der Waals surface area contributed by atoms with E-state index in [2.05, 4.69) is 14.2 Å². The summed E-state index contributed by atoms with van der Waals surface area (Å²) in [6.07, 6.45) is -5.32. The zero-order chi connectivity index (χ0) is 28.9. The molecule has 0 saturated heterocycles. The second kappa shape index (κ2) is 10.1. The monoisotopic (exact) mass is 586 g/mol. The van der Waals surface area contributed by atoms with E-state index in [1.54, 1.807) is 0 Å². The summed E-state index contributed by atoms with van der Waals surface area (Å²) in [5.41, 5.74) is -1.37. The molecule has 0 aromatic rings. The van der Waals surface area contributed by atoms with Crippen LogP contribution in [0.2, 0.25) is 0 Å². The largest absolute Gasteiger partial charge is 0.468 e. The second-order valence-corrected chi connectivity index (χ2v) is 12.5. The molecule has 4 aliphatic carbocycles. The molecule has 38 heavy (non-hydrogen) atoms. The SMILES string of the molecule is CC(C)COC(=O)C(OCCC(F)(F)C(F)(F)S(=O)(=O)O)(OC(=O)C12CC3CC(CC(C3)C1)C2)C(F)(F)F. The molecule has 4 fully saturated rings. The molecule has 220 valence electrons. The lowest BCUT2D eigenvalue weighted by Gasteiger charge is -2.55. The van der Waals surface area contributed by atoms with Crippen molar-refractivity contribution in [2.75, 3.05) is 13.2 Å². The summed E-state index contributed by atoms with van der Waals surface area (Å²) in [6.45, 7) is 0.278. The Morgan fingerprint density at radius 2 is 1.42 bits per heavy atom. The van der Waals surface area contributed by atoms with Gasteiger partial charge in [-0.3, -0.25) is 9.35 Å². The van der Waals surface area contributed by atoms with Crippen LogP contribution in [-0.4, -0.2) is 61.3 Å². The minimum absolute atomic E-state index is 0.0595. The van der Waals surface area contributed by atoms with Crippen molar-refractivity contribution in [1.29, 1.82) is 0 Å². The molecule has 0 heterocycles. The molecule has 1 unspecified atom stereocenters. The van der Waals surface area contributed by atoms with Crippen molar-refractivity contribution in [2.45, 2.75) is 81.9 Å². The molecule has 0 aromatic carbocycles. The highest BCUT2D eigenvalue weighted by atomic mass is 32.2. The molecule has 0 aliphatic heterocycles. The lowest BCUT2D eigenvalue weighted by atomic mass is 9.49. The molecule has 4 aliphatic rings. The molecular formula is C22H29F7O8S. The number of halogens is 7. The van der Waals surface area contributed by atoms with Gasteiger partial charge in [0.2, 0.25) is 0 Å². The highest BCUT2D eigenvalue weighted by molar-refractivity contribution is 7.87. The summed E-state index contributed by atoms with van der Waals surface area (Å²) < 4.78 is 141. The smallest absolute Gasteiger partial charge is 0.460 e. The summed E-state index contributed by atoms with van der Waals surface area (Å²) in [5.74, 6) is -14.3. The lowest BCUT2D eigenvalue weighted by Crippen LogP contribution is -2.61. The van der Waals surface area contributed by atoms with E-state index in [0.29, 0.717) is 0 Å². The number of hydrogen-bond acceptors (Lipinski definition) is 7. The first kappa shape index (κ1) is 30.9. The first-order chi connectivity index (χ1) is 17.2. The third-order valence-corrected chi connectivity index (χ3v) is 8.32. The summed E-state index contributed by atoms with van der Waals surface area (Å²) >= 11 is 0. The third-order valence-electron chi connectivity index (χ3n) is 7.37. The summed E-state index contributed by atoms with van der Waals surface area (Å²) in [6, 6.07) is 0. The van der Waals surface area contributed by atoms with Crippen LogP contribution < -0.4 is 0 Å². The average molecular weight is 587 g/mol. The Morgan fingerprint density at radius 3 is 1.82 bits per heavy atom. The van der Waals surface area contributed by atoms with Crippen molar-refractivity contribution in [1.82, 2.24) is 0 Å². The van der Waals surface area contributed by atoms with Gasteiger partial charge in [-0.1, -0.05) is 13.8 Å². The van der Waals surface area contributed by atoms with Crippen molar-refractivity contribution >= 4 is 22.1 Å². The minimum atomic E-state index is -6.67. The Bertz CT molecular complexity index is 992. The number of ether oxygens (including phenoxy) is 3. The van der Waals surface area contributed by atoms with E-state index in [4.69, 9.17) is 4.55 Å². The van der Waals surface area contributed by atoms with E-state index in [9.17, 15) is 48.7 Å². The van der Waals surface area contributed by atoms with Gasteiger partial charge in [0.05, 0.1) is 18.6 Å². The maximum absolute atomic E-state index is 14.4. The molecule has 4 bridgehead atoms. The fraction of sp³-hybridized carbons (Fsp3) is 0.909. The molecule has 16 heteroatoms. The van der Waals surface area contributed by atoms with Gasteiger partial charge in [-0.25, -0.2) is 4.79 Å². The van der Waals surface area contributed by atoms with Crippen LogP contribution in [0.3, 0.4) is 0 Å². The fourth-order valence-electron chi connectivity index (χ4n) is 5.98. The topological polar surface area (TPSA) is 116 Å². The Morgan fingerprint density at radius 1 is 0.947 bits per heavy atom. The van der Waals surface area contributed by atoms with Gasteiger partial charge in [-0.2, -0.15) is 39.2 Å². The quantitative estimate of drug-likeness (QED) is 0.160. The number of hydrogen-bond donors (Lipinski definition) is 1. The van der Waals surface area contributed by atoms with Crippen LogP contribution >= 0.6 is 0 Å². The number of rotatable bonds is 11. The zero-order valence-corrected chi connectivity index (χ0v) is 21.3. The highest BCUT2D eigenvalue weighted by Gasteiger charge is 2.71. The van der Waals surface area contributed by atoms with E-state index in [1.807, 2.05) is 0 Å². The maximum Gasteiger partial charge on any atom is 0.468 e. The molecule has 4 rings (SSSR count). The number of carbonyl (C=O) groups is 2. The first-order valence-corrected chi connectivity index (χ1v) is 13.4. The van der Waals surface area contributed by atoms with Crippen LogP contribution in [0.5, 0.6) is 0 Å². The molecule has 1 N–H and O–H groups in total. The molecular weight excluding hydrogens is 557 g/mol. The van der Waals surface area contributed by atoms with Gasteiger partial charge in [0.1, 0.15) is 0 Å². The molecule has 1 atom stereocenters. The van der Waals surface area contributed by atoms with Crippen LogP contribution in [0.25, 0.3) is 0 Å². The predicted octanol–water partition coefficient (Wildman–Crippen LogP) is 4.73. The van der Waals surface area contributed by atoms with Crippen molar-refractivity contribution in [2.24, 2.45) is 29.1 Å². The maximum atomic E-state index is 14.4. The molecule has 0 spiro atoms. The van der Waals surface area contributed by atoms with E-state index in [-0.39, 0.29) is 37.0 Å². The molecule has 0 amide bonds. The molecule has 4 saturated carbocycles. The van der Waals surface area contributed by atoms with Crippen molar-refractivity contribution in [3.8, 4) is 0 Å². The summed E-state index contributed by atoms with van der Waals surface area (Å²) in [5, 5.41) is -6.09. The van der Waals surface area contributed by atoms with Gasteiger partial charge in [0, 0.05) is 6.42 Å². The van der Waals surface area contributed by atoms with Gasteiger partial charge < -0.3 is 14.2 Å². The van der Waals surface area contributed by atoms with Crippen molar-refractivity contribution < 1.29 is 67.5 Å². The van der Waals surface area contributed by atoms with E-state index in [0.717, 1.165) is 19.3 Å². The first-order valence-electron chi connectivity index (χ1n) is 12.0.